The summed E-state index contributed by atoms with van der Waals surface area (Å²) in [5.41, 5.74) is 2.18. The normalized spacial score (nSPS) is 24.4. The summed E-state index contributed by atoms with van der Waals surface area (Å²) < 4.78 is 42.3. The zero-order chi connectivity index (χ0) is 26.2. The molecule has 0 amide bonds. The first-order valence-corrected chi connectivity index (χ1v) is 15.2. The molecule has 2 aromatic carbocycles. The molecule has 0 bridgehead atoms. The lowest BCUT2D eigenvalue weighted by molar-refractivity contribution is 0.222. The van der Waals surface area contributed by atoms with E-state index in [2.05, 4.69) is 13.0 Å². The van der Waals surface area contributed by atoms with Gasteiger partial charge in [0.15, 0.2) is 0 Å². The number of hydrogen-bond acceptors (Lipinski definition) is 0. The summed E-state index contributed by atoms with van der Waals surface area (Å²) in [5.74, 6) is 1.47. The minimum absolute atomic E-state index is 0.208. The molecule has 0 saturated heterocycles. The average Bonchev–Trinajstić information content (AvgIpc) is 2.91. The van der Waals surface area contributed by atoms with Gasteiger partial charge in [-0.1, -0.05) is 94.9 Å². The standard InChI is InChI=1S/C33H44ClF3/c1-2-3-4-5-23-6-8-24(9-7-23)10-11-25-12-15-27(16-13-25)29-19-18-28(30(35)22-29)17-14-26-20-31(36)33(34)32(37)21-26/h18-25,27H,2-17H2,1H3/t23-,24-,25-,27-. The molecular weight excluding hydrogens is 489 g/mol. The summed E-state index contributed by atoms with van der Waals surface area (Å²) in [5, 5.41) is -0.491. The van der Waals surface area contributed by atoms with Crippen LogP contribution in [0.25, 0.3) is 0 Å². The van der Waals surface area contributed by atoms with Gasteiger partial charge >= 0.3 is 0 Å². The lowest BCUT2D eigenvalue weighted by Crippen LogP contribution is -2.18. The Balaban J connectivity index is 1.18. The van der Waals surface area contributed by atoms with Crippen LogP contribution in [0.3, 0.4) is 0 Å². The molecule has 2 aliphatic rings. The quantitative estimate of drug-likeness (QED) is 0.199. The number of halogens is 4. The summed E-state index contributed by atoms with van der Waals surface area (Å²) in [6.07, 6.45) is 19.8. The van der Waals surface area contributed by atoms with E-state index >= 15 is 0 Å². The Labute approximate surface area is 227 Å². The van der Waals surface area contributed by atoms with E-state index in [1.807, 2.05) is 6.07 Å². The Morgan fingerprint density at radius 3 is 1.81 bits per heavy atom. The van der Waals surface area contributed by atoms with Crippen LogP contribution in [0.5, 0.6) is 0 Å². The molecule has 2 saturated carbocycles. The van der Waals surface area contributed by atoms with Crippen LogP contribution in [0.4, 0.5) is 13.2 Å². The van der Waals surface area contributed by atoms with Gasteiger partial charge in [-0.3, -0.25) is 0 Å². The third kappa shape index (κ3) is 8.25. The average molecular weight is 533 g/mol. The van der Waals surface area contributed by atoms with Crippen LogP contribution in [-0.2, 0) is 12.8 Å². The maximum Gasteiger partial charge on any atom is 0.145 e. The molecule has 2 aromatic rings. The van der Waals surface area contributed by atoms with Crippen molar-refractivity contribution in [3.05, 3.63) is 69.5 Å². The van der Waals surface area contributed by atoms with Gasteiger partial charge < -0.3 is 0 Å². The molecule has 4 heteroatoms. The third-order valence-electron chi connectivity index (χ3n) is 9.29. The van der Waals surface area contributed by atoms with Crippen molar-refractivity contribution >= 4 is 11.6 Å². The molecule has 0 unspecified atom stereocenters. The van der Waals surface area contributed by atoms with Crippen molar-refractivity contribution in [2.24, 2.45) is 17.8 Å². The highest BCUT2D eigenvalue weighted by Gasteiger charge is 2.25. The molecule has 0 heterocycles. The fourth-order valence-corrected chi connectivity index (χ4v) is 6.91. The molecule has 0 aromatic heterocycles. The highest BCUT2D eigenvalue weighted by Crippen LogP contribution is 2.40. The molecule has 0 N–H and O–H groups in total. The van der Waals surface area contributed by atoms with E-state index in [0.717, 1.165) is 36.2 Å². The molecule has 4 rings (SSSR count). The van der Waals surface area contributed by atoms with E-state index < -0.39 is 16.7 Å². The smallest absolute Gasteiger partial charge is 0.145 e. The van der Waals surface area contributed by atoms with Gasteiger partial charge in [0.1, 0.15) is 22.5 Å². The number of rotatable bonds is 11. The fraction of sp³-hybridized carbons (Fsp3) is 0.636. The van der Waals surface area contributed by atoms with Crippen molar-refractivity contribution < 1.29 is 13.2 Å². The number of benzene rings is 2. The highest BCUT2D eigenvalue weighted by atomic mass is 35.5. The molecule has 2 aliphatic carbocycles. The van der Waals surface area contributed by atoms with E-state index in [4.69, 9.17) is 11.6 Å². The zero-order valence-corrected chi connectivity index (χ0v) is 23.3. The lowest BCUT2D eigenvalue weighted by atomic mass is 9.74. The highest BCUT2D eigenvalue weighted by molar-refractivity contribution is 6.30. The monoisotopic (exact) mass is 532 g/mol. The van der Waals surface area contributed by atoms with Crippen molar-refractivity contribution in [3.8, 4) is 0 Å². The van der Waals surface area contributed by atoms with Crippen LogP contribution in [-0.4, -0.2) is 0 Å². The Bertz CT molecular complexity index is 964. The van der Waals surface area contributed by atoms with Gasteiger partial charge in [0, 0.05) is 0 Å². The second kappa shape index (κ2) is 14.1. The van der Waals surface area contributed by atoms with Gasteiger partial charge in [0.25, 0.3) is 0 Å². The van der Waals surface area contributed by atoms with Crippen LogP contribution >= 0.6 is 11.6 Å². The van der Waals surface area contributed by atoms with Gasteiger partial charge in [-0.25, -0.2) is 13.2 Å². The maximum atomic E-state index is 14.9. The molecule has 0 aliphatic heterocycles. The Kier molecular flexibility index (Phi) is 10.8. The summed E-state index contributed by atoms with van der Waals surface area (Å²) in [6, 6.07) is 8.08. The van der Waals surface area contributed by atoms with Crippen LogP contribution in [0.1, 0.15) is 119 Å². The number of hydrogen-bond donors (Lipinski definition) is 0. The zero-order valence-electron chi connectivity index (χ0n) is 22.5. The minimum atomic E-state index is -0.770. The number of unbranched alkanes of at least 4 members (excludes halogenated alkanes) is 2. The van der Waals surface area contributed by atoms with Crippen molar-refractivity contribution in [1.29, 1.82) is 0 Å². The predicted octanol–water partition coefficient (Wildman–Crippen LogP) is 11.0. The van der Waals surface area contributed by atoms with Crippen molar-refractivity contribution in [2.45, 2.75) is 116 Å². The second-order valence-corrected chi connectivity index (χ2v) is 12.3. The molecule has 0 spiro atoms. The largest absolute Gasteiger partial charge is 0.207 e. The molecule has 0 atom stereocenters. The molecule has 0 nitrogen and oxygen atoms in total. The van der Waals surface area contributed by atoms with E-state index in [1.165, 1.54) is 89.2 Å². The maximum absolute atomic E-state index is 14.9. The minimum Gasteiger partial charge on any atom is -0.207 e. The Hall–Kier alpha value is -1.48. The molecular formula is C33H44ClF3. The molecule has 204 valence electrons. The summed E-state index contributed by atoms with van der Waals surface area (Å²) in [4.78, 5) is 0. The van der Waals surface area contributed by atoms with Crippen LogP contribution in [0.2, 0.25) is 5.02 Å². The van der Waals surface area contributed by atoms with E-state index in [9.17, 15) is 13.2 Å². The molecule has 2 fully saturated rings. The Morgan fingerprint density at radius 2 is 1.24 bits per heavy atom. The first kappa shape index (κ1) is 28.5. The van der Waals surface area contributed by atoms with Gasteiger partial charge in [-0.05, 0) is 97.1 Å². The summed E-state index contributed by atoms with van der Waals surface area (Å²) >= 11 is 5.56. The van der Waals surface area contributed by atoms with Crippen molar-refractivity contribution in [3.63, 3.8) is 0 Å². The van der Waals surface area contributed by atoms with E-state index in [1.54, 1.807) is 6.07 Å². The van der Waals surface area contributed by atoms with E-state index in [0.29, 0.717) is 29.9 Å². The van der Waals surface area contributed by atoms with Gasteiger partial charge in [-0.2, -0.15) is 0 Å². The first-order chi connectivity index (χ1) is 17.9. The van der Waals surface area contributed by atoms with Crippen molar-refractivity contribution in [2.75, 3.05) is 0 Å². The predicted molar refractivity (Wildman–Crippen MR) is 149 cm³/mol. The van der Waals surface area contributed by atoms with Crippen LogP contribution in [0, 0.1) is 35.2 Å². The number of aryl methyl sites for hydroxylation is 2. The van der Waals surface area contributed by atoms with Gasteiger partial charge in [0.05, 0.1) is 0 Å². The topological polar surface area (TPSA) is 0 Å². The summed E-state index contributed by atoms with van der Waals surface area (Å²) in [7, 11) is 0. The lowest BCUT2D eigenvalue weighted by Gasteiger charge is -2.32. The second-order valence-electron chi connectivity index (χ2n) is 11.9. The summed E-state index contributed by atoms with van der Waals surface area (Å²) in [6.45, 7) is 2.29. The fourth-order valence-electron chi connectivity index (χ4n) is 6.80. The first-order valence-electron chi connectivity index (χ1n) is 14.8. The SMILES string of the molecule is CCCCC[C@H]1CC[C@H](CC[C@H]2CC[C@H](c3ccc(CCc4cc(F)c(Cl)c(F)c4)c(F)c3)CC2)CC1. The third-order valence-corrected chi connectivity index (χ3v) is 9.65. The molecule has 37 heavy (non-hydrogen) atoms. The van der Waals surface area contributed by atoms with Crippen molar-refractivity contribution in [1.82, 2.24) is 0 Å². The van der Waals surface area contributed by atoms with Crippen LogP contribution < -0.4 is 0 Å². The van der Waals surface area contributed by atoms with Gasteiger partial charge in [0.2, 0.25) is 0 Å². The van der Waals surface area contributed by atoms with Crippen LogP contribution in [0.15, 0.2) is 30.3 Å². The van der Waals surface area contributed by atoms with E-state index in [-0.39, 0.29) is 5.82 Å². The molecule has 0 radical (unpaired) electrons. The Morgan fingerprint density at radius 1 is 0.676 bits per heavy atom. The van der Waals surface area contributed by atoms with Gasteiger partial charge in [-0.15, -0.1) is 0 Å².